The molecular weight excluding hydrogens is 261 g/mol. The molecule has 0 spiro atoms. The number of hydrogen-bond acceptors (Lipinski definition) is 3. The average Bonchev–Trinajstić information content (AvgIpc) is 2.69. The van der Waals surface area contributed by atoms with E-state index in [1.807, 2.05) is 12.1 Å². The van der Waals surface area contributed by atoms with E-state index in [9.17, 15) is 0 Å². The van der Waals surface area contributed by atoms with Crippen LogP contribution in [-0.2, 0) is 9.31 Å². The fraction of sp³-hybridized carbons (Fsp3) is 0.353. The Kier molecular flexibility index (Phi) is 3.38. The summed E-state index contributed by atoms with van der Waals surface area (Å²) in [5.41, 5.74) is 2.76. The molecule has 2 heterocycles. The molecule has 2 aromatic rings. The lowest BCUT2D eigenvalue weighted by Crippen LogP contribution is -2.41. The first-order chi connectivity index (χ1) is 9.89. The third kappa shape index (κ3) is 2.61. The zero-order valence-electron chi connectivity index (χ0n) is 13.0. The molecule has 1 aromatic carbocycles. The van der Waals surface area contributed by atoms with E-state index in [1.165, 1.54) is 0 Å². The van der Waals surface area contributed by atoms with Crippen molar-refractivity contribution in [2.24, 2.45) is 0 Å². The summed E-state index contributed by atoms with van der Waals surface area (Å²) >= 11 is 0. The molecule has 0 amide bonds. The van der Waals surface area contributed by atoms with Gasteiger partial charge in [0, 0.05) is 12.4 Å². The van der Waals surface area contributed by atoms with Crippen LogP contribution in [0.5, 0.6) is 0 Å². The molecule has 1 aliphatic rings. The summed E-state index contributed by atoms with van der Waals surface area (Å²) < 4.78 is 12.1. The van der Waals surface area contributed by atoms with Gasteiger partial charge in [-0.2, -0.15) is 0 Å². The minimum absolute atomic E-state index is 0.304. The van der Waals surface area contributed by atoms with Crippen LogP contribution in [0.3, 0.4) is 0 Å². The predicted molar refractivity (Wildman–Crippen MR) is 85.4 cm³/mol. The first-order valence-electron chi connectivity index (χ1n) is 7.25. The topological polar surface area (TPSA) is 31.4 Å². The summed E-state index contributed by atoms with van der Waals surface area (Å²) in [5, 5.41) is 0. The summed E-state index contributed by atoms with van der Waals surface area (Å²) in [6.07, 6.45) is 3.61. The highest BCUT2D eigenvalue weighted by molar-refractivity contribution is 6.62. The molecule has 0 unspecified atom stereocenters. The van der Waals surface area contributed by atoms with Crippen molar-refractivity contribution in [1.82, 2.24) is 4.98 Å². The van der Waals surface area contributed by atoms with Crippen LogP contribution in [0.2, 0.25) is 0 Å². The monoisotopic (exact) mass is 281 g/mol. The highest BCUT2D eigenvalue weighted by Gasteiger charge is 2.51. The maximum Gasteiger partial charge on any atom is 0.494 e. The van der Waals surface area contributed by atoms with Crippen LogP contribution in [-0.4, -0.2) is 23.3 Å². The van der Waals surface area contributed by atoms with Crippen LogP contribution in [0.1, 0.15) is 27.7 Å². The molecule has 3 rings (SSSR count). The van der Waals surface area contributed by atoms with E-state index < -0.39 is 0 Å². The largest absolute Gasteiger partial charge is 0.494 e. The first-order valence-corrected chi connectivity index (χ1v) is 7.25. The number of benzene rings is 1. The molecule has 0 N–H and O–H groups in total. The van der Waals surface area contributed by atoms with Gasteiger partial charge >= 0.3 is 7.12 Å². The zero-order chi connectivity index (χ0) is 15.1. The molecule has 108 valence electrons. The molecule has 1 aromatic heterocycles. The molecule has 4 heteroatoms. The zero-order valence-corrected chi connectivity index (χ0v) is 13.0. The number of pyridine rings is 1. The maximum absolute atomic E-state index is 6.06. The van der Waals surface area contributed by atoms with E-state index in [4.69, 9.17) is 9.31 Å². The molecule has 3 nitrogen and oxygen atoms in total. The summed E-state index contributed by atoms with van der Waals surface area (Å²) in [7, 11) is -0.304. The Morgan fingerprint density at radius 3 is 1.76 bits per heavy atom. The highest BCUT2D eigenvalue weighted by Crippen LogP contribution is 2.36. The summed E-state index contributed by atoms with van der Waals surface area (Å²) in [5.74, 6) is 0. The fourth-order valence-electron chi connectivity index (χ4n) is 2.36. The van der Waals surface area contributed by atoms with Crippen molar-refractivity contribution in [3.8, 4) is 11.1 Å². The van der Waals surface area contributed by atoms with Crippen LogP contribution in [0.15, 0.2) is 48.8 Å². The Hall–Kier alpha value is -1.65. The standard InChI is InChI=1S/C17H20BNO2/c1-16(2)17(3,4)21-18(20-16)15-7-5-13(6-8-15)14-9-11-19-12-10-14/h5-12H,1-4H3. The van der Waals surface area contributed by atoms with Gasteiger partial charge in [0.15, 0.2) is 0 Å². The second kappa shape index (κ2) is 4.97. The van der Waals surface area contributed by atoms with E-state index in [-0.39, 0.29) is 18.3 Å². The lowest BCUT2D eigenvalue weighted by Gasteiger charge is -2.32. The van der Waals surface area contributed by atoms with Gasteiger partial charge < -0.3 is 9.31 Å². The Morgan fingerprint density at radius 2 is 1.24 bits per heavy atom. The summed E-state index contributed by atoms with van der Waals surface area (Å²) in [6, 6.07) is 12.3. The van der Waals surface area contributed by atoms with E-state index in [2.05, 4.69) is 56.9 Å². The second-order valence-electron chi connectivity index (χ2n) is 6.45. The number of hydrogen-bond donors (Lipinski definition) is 0. The van der Waals surface area contributed by atoms with E-state index >= 15 is 0 Å². The van der Waals surface area contributed by atoms with Gasteiger partial charge in [0.05, 0.1) is 11.2 Å². The van der Waals surface area contributed by atoms with Gasteiger partial charge in [-0.1, -0.05) is 24.3 Å². The molecule has 1 fully saturated rings. The number of aromatic nitrogens is 1. The first kappa shape index (κ1) is 14.3. The van der Waals surface area contributed by atoms with Crippen molar-refractivity contribution < 1.29 is 9.31 Å². The van der Waals surface area contributed by atoms with Gasteiger partial charge in [-0.15, -0.1) is 0 Å². The smallest absolute Gasteiger partial charge is 0.399 e. The maximum atomic E-state index is 6.06. The lowest BCUT2D eigenvalue weighted by atomic mass is 9.78. The second-order valence-corrected chi connectivity index (χ2v) is 6.45. The number of rotatable bonds is 2. The Morgan fingerprint density at radius 1 is 0.762 bits per heavy atom. The molecule has 1 saturated heterocycles. The normalized spacial score (nSPS) is 19.7. The van der Waals surface area contributed by atoms with Crippen LogP contribution in [0.4, 0.5) is 0 Å². The van der Waals surface area contributed by atoms with Gasteiger partial charge in [0.2, 0.25) is 0 Å². The van der Waals surface area contributed by atoms with Crippen molar-refractivity contribution >= 4 is 12.6 Å². The van der Waals surface area contributed by atoms with Gasteiger partial charge in [0.1, 0.15) is 0 Å². The SMILES string of the molecule is CC1(C)OB(c2ccc(-c3ccncc3)cc2)OC1(C)C. The van der Waals surface area contributed by atoms with Crippen molar-refractivity contribution in [2.75, 3.05) is 0 Å². The Labute approximate surface area is 126 Å². The van der Waals surface area contributed by atoms with Gasteiger partial charge in [-0.3, -0.25) is 4.98 Å². The fourth-order valence-corrected chi connectivity index (χ4v) is 2.36. The van der Waals surface area contributed by atoms with E-state index in [0.29, 0.717) is 0 Å². The number of nitrogens with zero attached hydrogens (tertiary/aromatic N) is 1. The van der Waals surface area contributed by atoms with Gasteiger partial charge in [-0.05, 0) is 56.4 Å². The quantitative estimate of drug-likeness (QED) is 0.793. The van der Waals surface area contributed by atoms with Crippen LogP contribution in [0, 0.1) is 0 Å². The summed E-state index contributed by atoms with van der Waals surface area (Å²) in [4.78, 5) is 4.04. The lowest BCUT2D eigenvalue weighted by molar-refractivity contribution is 0.00578. The predicted octanol–water partition coefficient (Wildman–Crippen LogP) is 3.05. The van der Waals surface area contributed by atoms with Crippen LogP contribution >= 0.6 is 0 Å². The van der Waals surface area contributed by atoms with Crippen molar-refractivity contribution in [2.45, 2.75) is 38.9 Å². The molecule has 1 aliphatic heterocycles. The van der Waals surface area contributed by atoms with E-state index in [0.717, 1.165) is 16.6 Å². The molecular formula is C17H20BNO2. The highest BCUT2D eigenvalue weighted by atomic mass is 16.7. The van der Waals surface area contributed by atoms with Crippen LogP contribution in [0.25, 0.3) is 11.1 Å². The van der Waals surface area contributed by atoms with Gasteiger partial charge in [-0.25, -0.2) is 0 Å². The molecule has 0 bridgehead atoms. The Balaban J connectivity index is 1.83. The molecule has 0 atom stereocenters. The molecule has 0 radical (unpaired) electrons. The molecule has 0 saturated carbocycles. The van der Waals surface area contributed by atoms with E-state index in [1.54, 1.807) is 12.4 Å². The molecule has 0 aliphatic carbocycles. The van der Waals surface area contributed by atoms with Crippen molar-refractivity contribution in [1.29, 1.82) is 0 Å². The average molecular weight is 281 g/mol. The van der Waals surface area contributed by atoms with Crippen molar-refractivity contribution in [3.63, 3.8) is 0 Å². The minimum atomic E-state index is -0.304. The Bertz CT molecular complexity index is 607. The van der Waals surface area contributed by atoms with Gasteiger partial charge in [0.25, 0.3) is 0 Å². The molecule has 21 heavy (non-hydrogen) atoms. The van der Waals surface area contributed by atoms with Crippen LogP contribution < -0.4 is 5.46 Å². The van der Waals surface area contributed by atoms with Crippen molar-refractivity contribution in [3.05, 3.63) is 48.8 Å². The minimum Gasteiger partial charge on any atom is -0.399 e. The summed E-state index contributed by atoms with van der Waals surface area (Å²) in [6.45, 7) is 8.27. The third-order valence-corrected chi connectivity index (χ3v) is 4.45. The third-order valence-electron chi connectivity index (χ3n) is 4.45.